The summed E-state index contributed by atoms with van der Waals surface area (Å²) >= 11 is 3.39. The van der Waals surface area contributed by atoms with Gasteiger partial charge in [-0.25, -0.2) is 0 Å². The van der Waals surface area contributed by atoms with Crippen molar-refractivity contribution in [2.75, 3.05) is 18.5 Å². The van der Waals surface area contributed by atoms with Crippen LogP contribution in [0.2, 0.25) is 0 Å². The van der Waals surface area contributed by atoms with E-state index in [4.69, 9.17) is 14.2 Å². The Hall–Kier alpha value is -2.21. The van der Waals surface area contributed by atoms with E-state index in [0.29, 0.717) is 36.1 Å². The summed E-state index contributed by atoms with van der Waals surface area (Å²) in [5, 5.41) is 2.82. The van der Waals surface area contributed by atoms with Crippen molar-refractivity contribution in [2.24, 2.45) is 0 Å². The molecule has 1 atom stereocenters. The molecule has 2 aromatic carbocycles. The molecule has 0 saturated heterocycles. The van der Waals surface area contributed by atoms with Crippen molar-refractivity contribution >= 4 is 27.5 Å². The van der Waals surface area contributed by atoms with Crippen LogP contribution in [0, 0.1) is 0 Å². The van der Waals surface area contributed by atoms with E-state index in [0.717, 1.165) is 4.47 Å². The maximum atomic E-state index is 12.3. The zero-order chi connectivity index (χ0) is 16.2. The van der Waals surface area contributed by atoms with Crippen LogP contribution in [0.25, 0.3) is 0 Å². The zero-order valence-corrected chi connectivity index (χ0v) is 14.1. The van der Waals surface area contributed by atoms with Crippen molar-refractivity contribution in [1.29, 1.82) is 0 Å². The number of nitrogens with one attached hydrogen (secondary N) is 1. The molecule has 6 heteroatoms. The molecule has 2 aromatic rings. The van der Waals surface area contributed by atoms with Crippen LogP contribution in [0.1, 0.15) is 6.92 Å². The lowest BCUT2D eigenvalue weighted by Gasteiger charge is -2.20. The molecular formula is C17H16BrNO4. The minimum Gasteiger partial charge on any atom is -0.486 e. The lowest BCUT2D eigenvalue weighted by molar-refractivity contribution is -0.122. The van der Waals surface area contributed by atoms with Gasteiger partial charge in [-0.3, -0.25) is 4.79 Å². The molecule has 120 valence electrons. The molecule has 3 rings (SSSR count). The maximum Gasteiger partial charge on any atom is 0.265 e. The number of ether oxygens (including phenoxy) is 3. The molecule has 0 aliphatic carbocycles. The van der Waals surface area contributed by atoms with E-state index >= 15 is 0 Å². The molecule has 0 aromatic heterocycles. The normalized spacial score (nSPS) is 14.0. The molecule has 1 heterocycles. The van der Waals surface area contributed by atoms with Crippen LogP contribution in [0.4, 0.5) is 5.69 Å². The summed E-state index contributed by atoms with van der Waals surface area (Å²) in [5.74, 6) is 1.70. The highest BCUT2D eigenvalue weighted by molar-refractivity contribution is 9.10. The number of halogens is 1. The van der Waals surface area contributed by atoms with E-state index in [1.54, 1.807) is 31.2 Å². The van der Waals surface area contributed by atoms with Gasteiger partial charge in [0.25, 0.3) is 5.91 Å². The fourth-order valence-corrected chi connectivity index (χ4v) is 2.53. The van der Waals surface area contributed by atoms with Gasteiger partial charge in [-0.05, 0) is 47.1 Å². The highest BCUT2D eigenvalue weighted by Crippen LogP contribution is 2.32. The van der Waals surface area contributed by atoms with Gasteiger partial charge in [0.15, 0.2) is 17.6 Å². The summed E-state index contributed by atoms with van der Waals surface area (Å²) in [6.45, 7) is 2.74. The van der Waals surface area contributed by atoms with Gasteiger partial charge in [-0.15, -0.1) is 0 Å². The van der Waals surface area contributed by atoms with E-state index in [1.165, 1.54) is 0 Å². The van der Waals surface area contributed by atoms with Crippen LogP contribution in [0.15, 0.2) is 46.9 Å². The lowest BCUT2D eigenvalue weighted by atomic mass is 10.2. The Kier molecular flexibility index (Phi) is 4.71. The highest BCUT2D eigenvalue weighted by Gasteiger charge is 2.18. The molecule has 1 aliphatic heterocycles. The average molecular weight is 378 g/mol. The SMILES string of the molecule is CC(Oc1ccccc1Br)C(=O)Nc1ccc2c(c1)OCCO2. The molecule has 0 fully saturated rings. The van der Waals surface area contributed by atoms with Gasteiger partial charge in [0.1, 0.15) is 19.0 Å². The van der Waals surface area contributed by atoms with Gasteiger partial charge >= 0.3 is 0 Å². The standard InChI is InChI=1S/C17H16BrNO4/c1-11(23-14-5-3-2-4-13(14)18)17(20)19-12-6-7-15-16(10-12)22-9-8-21-15/h2-7,10-11H,8-9H2,1H3,(H,19,20). The summed E-state index contributed by atoms with van der Waals surface area (Å²) in [6.07, 6.45) is -0.637. The smallest absolute Gasteiger partial charge is 0.265 e. The average Bonchev–Trinajstić information content (AvgIpc) is 2.56. The second kappa shape index (κ2) is 6.91. The van der Waals surface area contributed by atoms with Gasteiger partial charge < -0.3 is 19.5 Å². The van der Waals surface area contributed by atoms with Gasteiger partial charge in [-0.2, -0.15) is 0 Å². The molecule has 0 spiro atoms. The molecular weight excluding hydrogens is 362 g/mol. The fourth-order valence-electron chi connectivity index (χ4n) is 2.15. The molecule has 23 heavy (non-hydrogen) atoms. The minimum absolute atomic E-state index is 0.238. The highest BCUT2D eigenvalue weighted by atomic mass is 79.9. The Morgan fingerprint density at radius 1 is 1.17 bits per heavy atom. The maximum absolute atomic E-state index is 12.3. The first kappa shape index (κ1) is 15.7. The molecule has 0 saturated carbocycles. The van der Waals surface area contributed by atoms with Crippen LogP contribution in [0.5, 0.6) is 17.2 Å². The van der Waals surface area contributed by atoms with Crippen molar-refractivity contribution in [2.45, 2.75) is 13.0 Å². The predicted octanol–water partition coefficient (Wildman–Crippen LogP) is 3.63. The third-order valence-electron chi connectivity index (χ3n) is 3.32. The number of fused-ring (bicyclic) bond motifs is 1. The molecule has 5 nitrogen and oxygen atoms in total. The number of carbonyl (C=O) groups is 1. The Morgan fingerprint density at radius 2 is 1.91 bits per heavy atom. The number of rotatable bonds is 4. The second-order valence-electron chi connectivity index (χ2n) is 5.04. The molecule has 1 N–H and O–H groups in total. The zero-order valence-electron chi connectivity index (χ0n) is 12.5. The third kappa shape index (κ3) is 3.76. The number of anilines is 1. The monoisotopic (exact) mass is 377 g/mol. The summed E-state index contributed by atoms with van der Waals surface area (Å²) in [7, 11) is 0. The van der Waals surface area contributed by atoms with Crippen molar-refractivity contribution < 1.29 is 19.0 Å². The van der Waals surface area contributed by atoms with Gasteiger partial charge in [-0.1, -0.05) is 12.1 Å². The Balaban J connectivity index is 1.65. The predicted molar refractivity (Wildman–Crippen MR) is 90.3 cm³/mol. The molecule has 1 amide bonds. The Labute approximate surface area is 142 Å². The molecule has 1 aliphatic rings. The van der Waals surface area contributed by atoms with E-state index in [9.17, 15) is 4.79 Å². The van der Waals surface area contributed by atoms with E-state index in [2.05, 4.69) is 21.2 Å². The van der Waals surface area contributed by atoms with E-state index < -0.39 is 6.10 Å². The van der Waals surface area contributed by atoms with Crippen LogP contribution < -0.4 is 19.5 Å². The van der Waals surface area contributed by atoms with Gasteiger partial charge in [0.2, 0.25) is 0 Å². The Bertz CT molecular complexity index is 719. The first-order chi connectivity index (χ1) is 11.1. The summed E-state index contributed by atoms with van der Waals surface area (Å²) in [6, 6.07) is 12.7. The van der Waals surface area contributed by atoms with Gasteiger partial charge in [0.05, 0.1) is 4.47 Å². The van der Waals surface area contributed by atoms with Crippen molar-refractivity contribution in [3.8, 4) is 17.2 Å². The van der Waals surface area contributed by atoms with E-state index in [1.807, 2.05) is 18.2 Å². The lowest BCUT2D eigenvalue weighted by Crippen LogP contribution is -2.30. The topological polar surface area (TPSA) is 56.8 Å². The van der Waals surface area contributed by atoms with Crippen molar-refractivity contribution in [3.63, 3.8) is 0 Å². The van der Waals surface area contributed by atoms with Crippen molar-refractivity contribution in [3.05, 3.63) is 46.9 Å². The molecule has 1 unspecified atom stereocenters. The van der Waals surface area contributed by atoms with Crippen LogP contribution in [-0.4, -0.2) is 25.2 Å². The summed E-state index contributed by atoms with van der Waals surface area (Å²) in [4.78, 5) is 12.3. The first-order valence-electron chi connectivity index (χ1n) is 7.25. The number of para-hydroxylation sites is 1. The largest absolute Gasteiger partial charge is 0.486 e. The quantitative estimate of drug-likeness (QED) is 0.883. The summed E-state index contributed by atoms with van der Waals surface area (Å²) < 4.78 is 17.4. The number of hydrogen-bond donors (Lipinski definition) is 1. The van der Waals surface area contributed by atoms with Crippen LogP contribution >= 0.6 is 15.9 Å². The van der Waals surface area contributed by atoms with Crippen LogP contribution in [-0.2, 0) is 4.79 Å². The number of amides is 1. The van der Waals surface area contributed by atoms with E-state index in [-0.39, 0.29) is 5.91 Å². The molecule has 0 radical (unpaired) electrons. The van der Waals surface area contributed by atoms with Crippen LogP contribution in [0.3, 0.4) is 0 Å². The number of hydrogen-bond acceptors (Lipinski definition) is 4. The van der Waals surface area contributed by atoms with Gasteiger partial charge in [0, 0.05) is 11.8 Å². The second-order valence-corrected chi connectivity index (χ2v) is 5.89. The Morgan fingerprint density at radius 3 is 2.70 bits per heavy atom. The molecule has 0 bridgehead atoms. The number of benzene rings is 2. The fraction of sp³-hybridized carbons (Fsp3) is 0.235. The third-order valence-corrected chi connectivity index (χ3v) is 3.97. The number of carbonyl (C=O) groups excluding carboxylic acids is 1. The van der Waals surface area contributed by atoms with Crippen molar-refractivity contribution in [1.82, 2.24) is 0 Å². The summed E-state index contributed by atoms with van der Waals surface area (Å²) in [5.41, 5.74) is 0.641. The minimum atomic E-state index is -0.637. The first-order valence-corrected chi connectivity index (χ1v) is 8.04.